The molecule has 156 valence electrons. The van der Waals surface area contributed by atoms with Crippen LogP contribution in [0.4, 0.5) is 0 Å². The van der Waals surface area contributed by atoms with Crippen molar-refractivity contribution in [1.29, 1.82) is 0 Å². The zero-order valence-corrected chi connectivity index (χ0v) is 18.0. The number of carbonyl (C=O) groups excluding carboxylic acids is 2. The lowest BCUT2D eigenvalue weighted by atomic mass is 10.1. The Kier molecular flexibility index (Phi) is 6.38. The number of benzene rings is 2. The van der Waals surface area contributed by atoms with Crippen LogP contribution in [0.3, 0.4) is 0 Å². The third-order valence-corrected chi connectivity index (χ3v) is 6.30. The SMILES string of the molecule is CCn1c(SCC(=O)NCc2cccc(C(=O)N3CCCC3)c2)nc2ccccc21. The van der Waals surface area contributed by atoms with Crippen LogP contribution in [0, 0.1) is 0 Å². The molecule has 0 bridgehead atoms. The van der Waals surface area contributed by atoms with E-state index in [1.165, 1.54) is 11.8 Å². The Morgan fingerprint density at radius 3 is 2.70 bits per heavy atom. The molecule has 7 heteroatoms. The van der Waals surface area contributed by atoms with Crippen LogP contribution < -0.4 is 5.32 Å². The molecule has 6 nitrogen and oxygen atoms in total. The zero-order chi connectivity index (χ0) is 20.9. The second-order valence-electron chi connectivity index (χ2n) is 7.39. The Hall–Kier alpha value is -2.80. The van der Waals surface area contributed by atoms with Crippen molar-refractivity contribution >= 4 is 34.6 Å². The van der Waals surface area contributed by atoms with Gasteiger partial charge >= 0.3 is 0 Å². The summed E-state index contributed by atoms with van der Waals surface area (Å²) in [7, 11) is 0. The summed E-state index contributed by atoms with van der Waals surface area (Å²) < 4.78 is 2.13. The van der Waals surface area contributed by atoms with Crippen LogP contribution in [0.1, 0.15) is 35.7 Å². The second kappa shape index (κ2) is 9.34. The van der Waals surface area contributed by atoms with E-state index < -0.39 is 0 Å². The van der Waals surface area contributed by atoms with Gasteiger partial charge in [-0.1, -0.05) is 36.0 Å². The van der Waals surface area contributed by atoms with E-state index in [0.29, 0.717) is 17.9 Å². The first kappa shape index (κ1) is 20.5. The number of hydrogen-bond acceptors (Lipinski definition) is 4. The molecule has 1 saturated heterocycles. The summed E-state index contributed by atoms with van der Waals surface area (Å²) in [6, 6.07) is 15.5. The van der Waals surface area contributed by atoms with Crippen molar-refractivity contribution in [3.8, 4) is 0 Å². The summed E-state index contributed by atoms with van der Waals surface area (Å²) in [5.74, 6) is 0.330. The second-order valence-corrected chi connectivity index (χ2v) is 8.33. The lowest BCUT2D eigenvalue weighted by molar-refractivity contribution is -0.118. The number of hydrogen-bond donors (Lipinski definition) is 1. The molecule has 0 atom stereocenters. The standard InChI is InChI=1S/C23H26N4O2S/c1-2-27-20-11-4-3-10-19(20)25-23(27)30-16-21(28)24-15-17-8-7-9-18(14-17)22(29)26-12-5-6-13-26/h3-4,7-11,14H,2,5-6,12-13,15-16H2,1H3,(H,24,28). The number of aryl methyl sites for hydroxylation is 1. The number of amides is 2. The molecular formula is C23H26N4O2S. The minimum Gasteiger partial charge on any atom is -0.351 e. The van der Waals surface area contributed by atoms with E-state index >= 15 is 0 Å². The molecule has 0 saturated carbocycles. The number of imidazole rings is 1. The Labute approximate surface area is 180 Å². The van der Waals surface area contributed by atoms with Crippen LogP contribution in [0.25, 0.3) is 11.0 Å². The first-order valence-electron chi connectivity index (χ1n) is 10.4. The maximum absolute atomic E-state index is 12.6. The van der Waals surface area contributed by atoms with E-state index in [-0.39, 0.29) is 11.8 Å². The van der Waals surface area contributed by atoms with Crippen molar-refractivity contribution in [3.05, 3.63) is 59.7 Å². The van der Waals surface area contributed by atoms with Gasteiger partial charge in [0.15, 0.2) is 5.16 Å². The molecule has 1 N–H and O–H groups in total. The predicted octanol–water partition coefficient (Wildman–Crippen LogP) is 3.70. The van der Waals surface area contributed by atoms with Gasteiger partial charge in [-0.15, -0.1) is 0 Å². The highest BCUT2D eigenvalue weighted by molar-refractivity contribution is 7.99. The Morgan fingerprint density at radius 2 is 1.90 bits per heavy atom. The van der Waals surface area contributed by atoms with Gasteiger partial charge in [0.05, 0.1) is 16.8 Å². The molecule has 1 aliphatic heterocycles. The van der Waals surface area contributed by atoms with Crippen LogP contribution in [-0.4, -0.2) is 45.1 Å². The lowest BCUT2D eigenvalue weighted by Gasteiger charge is -2.15. The number of para-hydroxylation sites is 2. The van der Waals surface area contributed by atoms with E-state index in [9.17, 15) is 9.59 Å². The maximum Gasteiger partial charge on any atom is 0.253 e. The fourth-order valence-corrected chi connectivity index (χ4v) is 4.68. The molecular weight excluding hydrogens is 396 g/mol. The molecule has 2 heterocycles. The van der Waals surface area contributed by atoms with Gasteiger partial charge in [-0.05, 0) is 49.6 Å². The number of rotatable bonds is 7. The number of aromatic nitrogens is 2. The third kappa shape index (κ3) is 4.51. The van der Waals surface area contributed by atoms with Gasteiger partial charge in [-0.3, -0.25) is 9.59 Å². The molecule has 30 heavy (non-hydrogen) atoms. The minimum atomic E-state index is -0.0500. The first-order valence-corrected chi connectivity index (χ1v) is 11.4. The molecule has 0 spiro atoms. The van der Waals surface area contributed by atoms with E-state index in [1.807, 2.05) is 53.4 Å². The molecule has 4 rings (SSSR count). The summed E-state index contributed by atoms with van der Waals surface area (Å²) in [6.07, 6.45) is 2.15. The molecule has 2 amide bonds. The van der Waals surface area contributed by atoms with Crippen molar-refractivity contribution < 1.29 is 9.59 Å². The largest absolute Gasteiger partial charge is 0.351 e. The summed E-state index contributed by atoms with van der Waals surface area (Å²) in [6.45, 7) is 4.96. The van der Waals surface area contributed by atoms with Crippen LogP contribution in [0.5, 0.6) is 0 Å². The van der Waals surface area contributed by atoms with Gasteiger partial charge in [0, 0.05) is 31.7 Å². The van der Waals surface area contributed by atoms with Gasteiger partial charge in [0.25, 0.3) is 5.91 Å². The number of nitrogens with zero attached hydrogens (tertiary/aromatic N) is 3. The first-order chi connectivity index (χ1) is 14.7. The molecule has 0 aliphatic carbocycles. The number of nitrogens with one attached hydrogen (secondary N) is 1. The fourth-order valence-electron chi connectivity index (χ4n) is 3.77. The molecule has 3 aromatic rings. The average Bonchev–Trinajstić information content (AvgIpc) is 3.43. The monoisotopic (exact) mass is 422 g/mol. The quantitative estimate of drug-likeness (QED) is 0.590. The lowest BCUT2D eigenvalue weighted by Crippen LogP contribution is -2.28. The summed E-state index contributed by atoms with van der Waals surface area (Å²) >= 11 is 1.44. The third-order valence-electron chi connectivity index (χ3n) is 5.33. The van der Waals surface area contributed by atoms with Gasteiger partial charge in [0.2, 0.25) is 5.91 Å². The molecule has 1 aliphatic rings. The van der Waals surface area contributed by atoms with E-state index in [2.05, 4.69) is 21.8 Å². The van der Waals surface area contributed by atoms with E-state index in [4.69, 9.17) is 0 Å². The highest BCUT2D eigenvalue weighted by atomic mass is 32.2. The Balaban J connectivity index is 1.33. The molecule has 1 aromatic heterocycles. The van der Waals surface area contributed by atoms with Crippen LogP contribution in [0.15, 0.2) is 53.7 Å². The Bertz CT molecular complexity index is 1060. The Morgan fingerprint density at radius 1 is 1.10 bits per heavy atom. The topological polar surface area (TPSA) is 67.2 Å². The highest BCUT2D eigenvalue weighted by Gasteiger charge is 2.19. The van der Waals surface area contributed by atoms with E-state index in [0.717, 1.165) is 54.2 Å². The van der Waals surface area contributed by atoms with Gasteiger partial charge in [-0.25, -0.2) is 4.98 Å². The molecule has 0 unspecified atom stereocenters. The molecule has 0 radical (unpaired) electrons. The van der Waals surface area contributed by atoms with Gasteiger partial charge in [0.1, 0.15) is 0 Å². The smallest absolute Gasteiger partial charge is 0.253 e. The number of fused-ring (bicyclic) bond motifs is 1. The van der Waals surface area contributed by atoms with Crippen molar-refractivity contribution in [2.75, 3.05) is 18.8 Å². The fraction of sp³-hybridized carbons (Fsp3) is 0.348. The van der Waals surface area contributed by atoms with E-state index in [1.54, 1.807) is 0 Å². The molecule has 1 fully saturated rings. The van der Waals surface area contributed by atoms with Crippen LogP contribution in [-0.2, 0) is 17.9 Å². The summed E-state index contributed by atoms with van der Waals surface area (Å²) in [5, 5.41) is 3.81. The van der Waals surface area contributed by atoms with Crippen molar-refractivity contribution in [2.45, 2.75) is 38.0 Å². The summed E-state index contributed by atoms with van der Waals surface area (Å²) in [5.41, 5.74) is 3.65. The molecule has 2 aromatic carbocycles. The average molecular weight is 423 g/mol. The van der Waals surface area contributed by atoms with Crippen molar-refractivity contribution in [1.82, 2.24) is 19.8 Å². The van der Waals surface area contributed by atoms with Gasteiger partial charge in [-0.2, -0.15) is 0 Å². The van der Waals surface area contributed by atoms with Crippen molar-refractivity contribution in [2.24, 2.45) is 0 Å². The van der Waals surface area contributed by atoms with Crippen LogP contribution >= 0.6 is 11.8 Å². The van der Waals surface area contributed by atoms with Crippen molar-refractivity contribution in [3.63, 3.8) is 0 Å². The zero-order valence-electron chi connectivity index (χ0n) is 17.1. The predicted molar refractivity (Wildman–Crippen MR) is 120 cm³/mol. The maximum atomic E-state index is 12.6. The van der Waals surface area contributed by atoms with Gasteiger partial charge < -0.3 is 14.8 Å². The number of thioether (sulfide) groups is 1. The summed E-state index contributed by atoms with van der Waals surface area (Å²) in [4.78, 5) is 31.5. The van der Waals surface area contributed by atoms with Crippen LogP contribution in [0.2, 0.25) is 0 Å². The number of carbonyl (C=O) groups is 2. The minimum absolute atomic E-state index is 0.0500. The normalized spacial score (nSPS) is 13.7. The highest BCUT2D eigenvalue weighted by Crippen LogP contribution is 2.23. The number of likely N-dealkylation sites (tertiary alicyclic amines) is 1.